The van der Waals surface area contributed by atoms with Gasteiger partial charge in [-0.05, 0) is 25.1 Å². The highest BCUT2D eigenvalue weighted by Gasteiger charge is 2.27. The molecule has 0 aliphatic rings. The molecule has 2 N–H and O–H groups in total. The third-order valence-electron chi connectivity index (χ3n) is 5.46. The fraction of sp³-hybridized carbons (Fsp3) is 0.333. The Labute approximate surface area is 200 Å². The van der Waals surface area contributed by atoms with Crippen molar-refractivity contribution in [2.75, 3.05) is 19.0 Å². The van der Waals surface area contributed by atoms with Gasteiger partial charge in [-0.2, -0.15) is 0 Å². The molecule has 0 fully saturated rings. The zero-order valence-corrected chi connectivity index (χ0v) is 20.5. The van der Waals surface area contributed by atoms with Crippen molar-refractivity contribution in [2.45, 2.75) is 39.7 Å². The number of thiazole rings is 1. The van der Waals surface area contributed by atoms with Crippen LogP contribution < -0.4 is 10.1 Å². The van der Waals surface area contributed by atoms with Crippen molar-refractivity contribution in [1.29, 1.82) is 0 Å². The number of nitrogens with zero attached hydrogens (tertiary/aromatic N) is 4. The first-order chi connectivity index (χ1) is 16.1. The van der Waals surface area contributed by atoms with Crippen molar-refractivity contribution in [3.05, 3.63) is 52.7 Å². The van der Waals surface area contributed by atoms with E-state index < -0.39 is 11.4 Å². The molecule has 0 aliphatic carbocycles. The molecule has 10 heteroatoms. The molecule has 0 aliphatic heterocycles. The number of hydrogen-bond acceptors (Lipinski definition) is 7. The quantitative estimate of drug-likeness (QED) is 0.376. The Morgan fingerprint density at radius 2 is 2.03 bits per heavy atom. The molecule has 0 unspecified atom stereocenters. The van der Waals surface area contributed by atoms with Crippen LogP contribution in [0.4, 0.5) is 10.2 Å². The maximum atomic E-state index is 14.6. The Hall–Kier alpha value is -3.53. The Morgan fingerprint density at radius 1 is 1.26 bits per heavy atom. The number of aryl methyl sites for hydroxylation is 1. The van der Waals surface area contributed by atoms with Gasteiger partial charge in [0.25, 0.3) is 0 Å². The van der Waals surface area contributed by atoms with E-state index in [4.69, 9.17) is 4.74 Å². The fourth-order valence-electron chi connectivity index (χ4n) is 3.86. The second-order valence-electron chi connectivity index (χ2n) is 8.92. The van der Waals surface area contributed by atoms with E-state index in [-0.39, 0.29) is 10.7 Å². The molecular formula is C24H26FN5O3S. The van der Waals surface area contributed by atoms with E-state index in [0.717, 1.165) is 22.4 Å². The second kappa shape index (κ2) is 9.02. The first-order valence-corrected chi connectivity index (χ1v) is 11.5. The van der Waals surface area contributed by atoms with Gasteiger partial charge in [-0.3, -0.25) is 0 Å². The SMILES string of the molecule is COc1ccc(F)c2c1cc(C)n2CCNc1cc(-c2nc(C(C)(C)C)c(C(=O)O)s2)ncn1. The molecule has 4 rings (SSSR count). The van der Waals surface area contributed by atoms with Gasteiger partial charge in [0, 0.05) is 35.7 Å². The predicted octanol–water partition coefficient (Wildman–Crippen LogP) is 5.12. The summed E-state index contributed by atoms with van der Waals surface area (Å²) in [6.07, 6.45) is 1.41. The van der Waals surface area contributed by atoms with Gasteiger partial charge >= 0.3 is 5.97 Å². The molecule has 0 radical (unpaired) electrons. The zero-order valence-electron chi connectivity index (χ0n) is 19.6. The van der Waals surface area contributed by atoms with Crippen LogP contribution in [0.15, 0.2) is 30.6 Å². The van der Waals surface area contributed by atoms with E-state index in [1.165, 1.54) is 12.4 Å². The summed E-state index contributed by atoms with van der Waals surface area (Å²) in [5.41, 5.74) is 2.08. The van der Waals surface area contributed by atoms with E-state index in [1.807, 2.05) is 38.3 Å². The maximum absolute atomic E-state index is 14.6. The number of rotatable bonds is 7. The summed E-state index contributed by atoms with van der Waals surface area (Å²) in [4.78, 5) is 25.0. The number of nitrogens with one attached hydrogen (secondary N) is 1. The Kier molecular flexibility index (Phi) is 6.26. The number of hydrogen-bond donors (Lipinski definition) is 2. The Bertz CT molecular complexity index is 1370. The lowest BCUT2D eigenvalue weighted by Gasteiger charge is -2.16. The minimum atomic E-state index is -1.00. The van der Waals surface area contributed by atoms with Crippen LogP contribution in [-0.4, -0.2) is 44.2 Å². The number of carbonyl (C=O) groups is 1. The van der Waals surface area contributed by atoms with E-state index in [0.29, 0.717) is 46.6 Å². The number of aromatic carboxylic acids is 1. The number of carboxylic acid groups (broad SMARTS) is 1. The lowest BCUT2D eigenvalue weighted by molar-refractivity contribution is 0.0699. The van der Waals surface area contributed by atoms with E-state index in [2.05, 4.69) is 20.3 Å². The molecule has 0 saturated carbocycles. The summed E-state index contributed by atoms with van der Waals surface area (Å²) in [5.74, 6) is -0.104. The minimum absolute atomic E-state index is 0.211. The number of halogens is 1. The van der Waals surface area contributed by atoms with Crippen LogP contribution in [0.1, 0.15) is 41.8 Å². The molecule has 0 amide bonds. The number of methoxy groups -OCH3 is 1. The smallest absolute Gasteiger partial charge is 0.347 e. The Morgan fingerprint density at radius 3 is 2.68 bits per heavy atom. The standard InChI is InChI=1S/C24H26FN5O3S/c1-13-10-14-17(33-5)7-6-15(25)19(14)30(13)9-8-26-18-11-16(27-12-28-18)22-29-21(24(2,3)4)20(34-22)23(31)32/h6-7,10-12H,8-9H2,1-5H3,(H,31,32)(H,26,27,28). The van der Waals surface area contributed by atoms with Crippen molar-refractivity contribution < 1.29 is 19.0 Å². The monoisotopic (exact) mass is 483 g/mol. The average Bonchev–Trinajstić information content (AvgIpc) is 3.37. The summed E-state index contributed by atoms with van der Waals surface area (Å²) >= 11 is 1.10. The number of benzene rings is 1. The highest BCUT2D eigenvalue weighted by molar-refractivity contribution is 7.17. The van der Waals surface area contributed by atoms with Crippen LogP contribution in [0.3, 0.4) is 0 Å². The highest BCUT2D eigenvalue weighted by Crippen LogP contribution is 2.34. The minimum Gasteiger partial charge on any atom is -0.496 e. The largest absolute Gasteiger partial charge is 0.496 e. The van der Waals surface area contributed by atoms with Gasteiger partial charge < -0.3 is 19.7 Å². The lowest BCUT2D eigenvalue weighted by atomic mass is 9.91. The predicted molar refractivity (Wildman–Crippen MR) is 130 cm³/mol. The summed E-state index contributed by atoms with van der Waals surface area (Å²) in [6, 6.07) is 6.69. The van der Waals surface area contributed by atoms with Gasteiger partial charge in [-0.15, -0.1) is 11.3 Å². The highest BCUT2D eigenvalue weighted by atomic mass is 32.1. The number of aromatic nitrogens is 4. The molecule has 3 aromatic heterocycles. The molecule has 0 atom stereocenters. The van der Waals surface area contributed by atoms with Crippen molar-refractivity contribution in [1.82, 2.24) is 19.5 Å². The van der Waals surface area contributed by atoms with E-state index in [9.17, 15) is 14.3 Å². The molecule has 0 spiro atoms. The van der Waals surface area contributed by atoms with Crippen molar-refractivity contribution >= 4 is 34.0 Å². The first-order valence-electron chi connectivity index (χ1n) is 10.7. The van der Waals surface area contributed by atoms with Gasteiger partial charge in [0.2, 0.25) is 0 Å². The molecule has 34 heavy (non-hydrogen) atoms. The van der Waals surface area contributed by atoms with Gasteiger partial charge in [-0.1, -0.05) is 20.8 Å². The molecule has 1 aromatic carbocycles. The van der Waals surface area contributed by atoms with Gasteiger partial charge in [0.15, 0.2) is 0 Å². The van der Waals surface area contributed by atoms with Crippen LogP contribution in [0, 0.1) is 12.7 Å². The summed E-state index contributed by atoms with van der Waals surface area (Å²) < 4.78 is 21.8. The first kappa shape index (κ1) is 23.6. The van der Waals surface area contributed by atoms with E-state index >= 15 is 0 Å². The maximum Gasteiger partial charge on any atom is 0.347 e. The number of anilines is 1. The van der Waals surface area contributed by atoms with E-state index in [1.54, 1.807) is 19.2 Å². The van der Waals surface area contributed by atoms with Crippen molar-refractivity contribution in [2.24, 2.45) is 0 Å². The third kappa shape index (κ3) is 4.45. The summed E-state index contributed by atoms with van der Waals surface area (Å²) in [6.45, 7) is 8.71. The van der Waals surface area contributed by atoms with Crippen LogP contribution in [0.5, 0.6) is 5.75 Å². The molecule has 3 heterocycles. The van der Waals surface area contributed by atoms with Crippen LogP contribution in [0.25, 0.3) is 21.6 Å². The lowest BCUT2D eigenvalue weighted by Crippen LogP contribution is -2.16. The summed E-state index contributed by atoms with van der Waals surface area (Å²) in [5, 5.41) is 14.1. The molecule has 4 aromatic rings. The van der Waals surface area contributed by atoms with Crippen LogP contribution in [-0.2, 0) is 12.0 Å². The summed E-state index contributed by atoms with van der Waals surface area (Å²) in [7, 11) is 1.57. The number of carboxylic acids is 1. The Balaban J connectivity index is 1.55. The molecule has 8 nitrogen and oxygen atoms in total. The molecule has 0 saturated heterocycles. The second-order valence-corrected chi connectivity index (χ2v) is 9.92. The molecule has 178 valence electrons. The van der Waals surface area contributed by atoms with Crippen LogP contribution in [0.2, 0.25) is 0 Å². The van der Waals surface area contributed by atoms with Crippen LogP contribution >= 0.6 is 11.3 Å². The average molecular weight is 484 g/mol. The fourth-order valence-corrected chi connectivity index (χ4v) is 4.94. The molecule has 0 bridgehead atoms. The number of fused-ring (bicyclic) bond motifs is 1. The zero-order chi connectivity index (χ0) is 24.6. The van der Waals surface area contributed by atoms with Gasteiger partial charge in [0.05, 0.1) is 18.3 Å². The topological polar surface area (TPSA) is 102 Å². The van der Waals surface area contributed by atoms with Crippen molar-refractivity contribution in [3.8, 4) is 16.5 Å². The van der Waals surface area contributed by atoms with Gasteiger partial charge in [0.1, 0.15) is 39.3 Å². The third-order valence-corrected chi connectivity index (χ3v) is 6.52. The normalized spacial score (nSPS) is 11.7. The van der Waals surface area contributed by atoms with Gasteiger partial charge in [-0.25, -0.2) is 24.1 Å². The number of ether oxygens (including phenoxy) is 1. The van der Waals surface area contributed by atoms with Crippen molar-refractivity contribution in [3.63, 3.8) is 0 Å². The molecular weight excluding hydrogens is 457 g/mol.